The predicted octanol–water partition coefficient (Wildman–Crippen LogP) is 13.4. The lowest BCUT2D eigenvalue weighted by molar-refractivity contribution is -0.197. The van der Waals surface area contributed by atoms with Crippen LogP contribution in [-0.2, 0) is 62.1 Å². The van der Waals surface area contributed by atoms with Crippen molar-refractivity contribution >= 4 is 59.3 Å². The minimum Gasteiger partial charge on any atom is -0.466 e. The fourth-order valence-corrected chi connectivity index (χ4v) is 11.5. The minimum atomic E-state index is -0.857. The number of azide groups is 2. The molecule has 0 bridgehead atoms. The highest BCUT2D eigenvalue weighted by atomic mass is 16.7. The van der Waals surface area contributed by atoms with Crippen LogP contribution in [0.3, 0.4) is 0 Å². The van der Waals surface area contributed by atoms with E-state index in [9.17, 15) is 47.9 Å². The number of ketones is 3. The molecule has 0 saturated carbocycles. The number of benzene rings is 4. The number of hydrogen-bond acceptors (Lipinski definition) is 18. The fraction of sp³-hybridized carbons (Fsp3) is 0.521. The Morgan fingerprint density at radius 3 is 1.22 bits per heavy atom. The fourth-order valence-electron chi connectivity index (χ4n) is 11.5. The van der Waals surface area contributed by atoms with Crippen molar-refractivity contribution in [1.82, 2.24) is 15.7 Å². The number of unbranched alkanes of at least 4 members (excludes halogenated alkanes) is 10. The molecule has 4 amide bonds. The Hall–Kier alpha value is -9.44. The maximum atomic E-state index is 13.2. The van der Waals surface area contributed by atoms with E-state index in [4.69, 9.17) is 34.8 Å². The molecular weight excluding hydrogens is 1230 g/mol. The van der Waals surface area contributed by atoms with Crippen LogP contribution < -0.4 is 16.4 Å². The van der Waals surface area contributed by atoms with Gasteiger partial charge in [-0.25, -0.2) is 14.4 Å². The summed E-state index contributed by atoms with van der Waals surface area (Å²) in [6, 6.07) is 31.0. The third-order valence-corrected chi connectivity index (χ3v) is 16.6. The van der Waals surface area contributed by atoms with Gasteiger partial charge in [0.2, 0.25) is 0 Å². The number of esters is 2. The zero-order chi connectivity index (χ0) is 69.3. The van der Waals surface area contributed by atoms with E-state index in [1.54, 1.807) is 6.92 Å². The van der Waals surface area contributed by atoms with Gasteiger partial charge in [-0.1, -0.05) is 166 Å². The number of ether oxygens (including phenoxy) is 4. The molecular formula is C71H92N10O15. The van der Waals surface area contributed by atoms with Crippen molar-refractivity contribution in [2.75, 3.05) is 46.6 Å². The highest BCUT2D eigenvalue weighted by molar-refractivity contribution is 6.01. The van der Waals surface area contributed by atoms with Gasteiger partial charge in [-0.2, -0.15) is 0 Å². The summed E-state index contributed by atoms with van der Waals surface area (Å²) >= 11 is 0. The molecule has 0 spiro atoms. The van der Waals surface area contributed by atoms with Crippen molar-refractivity contribution in [3.8, 4) is 22.3 Å². The molecule has 25 nitrogen and oxygen atoms in total. The molecule has 1 heterocycles. The van der Waals surface area contributed by atoms with Crippen molar-refractivity contribution < 1.29 is 71.7 Å². The van der Waals surface area contributed by atoms with Crippen LogP contribution in [0.1, 0.15) is 202 Å². The van der Waals surface area contributed by atoms with Crippen LogP contribution in [-0.4, -0.2) is 123 Å². The number of hydrogen-bond donors (Lipinski definition) is 3. The number of rotatable bonds is 42. The lowest BCUT2D eigenvalue weighted by Crippen LogP contribution is -2.41. The highest BCUT2D eigenvalue weighted by Gasteiger charge is 2.34. The molecule has 4 aromatic carbocycles. The van der Waals surface area contributed by atoms with Gasteiger partial charge in [-0.15, -0.1) is 5.06 Å². The lowest BCUT2D eigenvalue weighted by Gasteiger charge is -2.19. The maximum Gasteiger partial charge on any atom is 0.407 e. The summed E-state index contributed by atoms with van der Waals surface area (Å²) in [7, 11) is 1.50. The van der Waals surface area contributed by atoms with Crippen LogP contribution >= 0.6 is 0 Å². The molecule has 4 aromatic rings. The van der Waals surface area contributed by atoms with Gasteiger partial charge in [0, 0.05) is 73.3 Å². The van der Waals surface area contributed by atoms with Crippen LogP contribution in [0, 0.1) is 0 Å². The van der Waals surface area contributed by atoms with Gasteiger partial charge in [0.15, 0.2) is 11.6 Å². The first kappa shape index (κ1) is 77.3. The molecule has 2 unspecified atom stereocenters. The van der Waals surface area contributed by atoms with E-state index in [1.165, 1.54) is 7.05 Å². The maximum absolute atomic E-state index is 13.2. The SMILES string of the molecule is CCC(=O)CCC(=O)OCCCCCCCC(=O)C(CCCCN=[N+]=[N-])NC(=O)OCC1c2ccccc2-c2ccccc21.CN.[N-]=[N+]=NCCCCC(NC(=O)OCC1c2ccccc2-c2ccccc21)C(=O)CCCCCCCOC(=O)CCC(=O)ON1C(=O)CCC1=O. The molecule has 1 saturated heterocycles. The number of alkyl carbamates (subject to hydrolysis) is 2. The molecule has 25 heteroatoms. The second-order valence-corrected chi connectivity index (χ2v) is 23.3. The van der Waals surface area contributed by atoms with Gasteiger partial charge in [0.25, 0.3) is 11.8 Å². The lowest BCUT2D eigenvalue weighted by atomic mass is 9.98. The van der Waals surface area contributed by atoms with Gasteiger partial charge in [-0.3, -0.25) is 33.6 Å². The van der Waals surface area contributed by atoms with Crippen LogP contribution in [0.15, 0.2) is 107 Å². The molecule has 2 aliphatic carbocycles. The van der Waals surface area contributed by atoms with Crippen LogP contribution in [0.5, 0.6) is 0 Å². The topological polar surface area (TPSA) is 368 Å². The number of hydroxylamine groups is 2. The number of carbonyl (C=O) groups excluding carboxylic acids is 10. The second-order valence-electron chi connectivity index (χ2n) is 23.3. The number of Topliss-reactive ketones (excluding diaryl/α,β-unsaturated/α-hetero) is 3. The van der Waals surface area contributed by atoms with Gasteiger partial charge in [0.1, 0.15) is 19.0 Å². The third kappa shape index (κ3) is 26.4. The van der Waals surface area contributed by atoms with Crippen LogP contribution in [0.4, 0.5) is 9.59 Å². The first-order valence-electron chi connectivity index (χ1n) is 33.5. The second kappa shape index (κ2) is 44.3. The summed E-state index contributed by atoms with van der Waals surface area (Å²) < 4.78 is 21.7. The van der Waals surface area contributed by atoms with Crippen molar-refractivity contribution in [2.45, 2.75) is 191 Å². The Balaban J connectivity index is 0.000000341. The number of nitrogens with one attached hydrogen (secondary N) is 2. The quantitative estimate of drug-likeness (QED) is 0.00705. The zero-order valence-electron chi connectivity index (χ0n) is 55.3. The molecule has 7 rings (SSSR count). The summed E-state index contributed by atoms with van der Waals surface area (Å²) in [5, 5.41) is 13.1. The van der Waals surface area contributed by atoms with E-state index >= 15 is 0 Å². The Labute approximate surface area is 560 Å². The normalized spacial score (nSPS) is 13.0. The van der Waals surface area contributed by atoms with E-state index in [0.29, 0.717) is 95.4 Å². The van der Waals surface area contributed by atoms with E-state index in [0.717, 1.165) is 89.5 Å². The first-order valence-corrected chi connectivity index (χ1v) is 33.5. The first-order chi connectivity index (χ1) is 46.7. The van der Waals surface area contributed by atoms with Gasteiger partial charge in [-0.05, 0) is 114 Å². The molecule has 96 heavy (non-hydrogen) atoms. The summed E-state index contributed by atoms with van der Waals surface area (Å²) in [5.41, 5.74) is 30.5. The number of carbonyl (C=O) groups is 10. The average molecular weight is 1330 g/mol. The number of nitrogens with zero attached hydrogens (tertiary/aromatic N) is 7. The molecule has 0 aromatic heterocycles. The minimum absolute atomic E-state index is 0.00684. The predicted molar refractivity (Wildman–Crippen MR) is 358 cm³/mol. The molecule has 1 fully saturated rings. The Bertz CT molecular complexity index is 3220. The van der Waals surface area contributed by atoms with Crippen LogP contribution in [0.2, 0.25) is 0 Å². The van der Waals surface area contributed by atoms with Crippen LogP contribution in [0.25, 0.3) is 43.1 Å². The molecule has 1 aliphatic heterocycles. The van der Waals surface area contributed by atoms with Crippen molar-refractivity contribution in [3.63, 3.8) is 0 Å². The molecule has 2 atom stereocenters. The van der Waals surface area contributed by atoms with Crippen molar-refractivity contribution in [3.05, 3.63) is 140 Å². The van der Waals surface area contributed by atoms with Gasteiger partial charge in [0.05, 0.1) is 44.6 Å². The molecule has 4 N–H and O–H groups in total. The number of fused-ring (bicyclic) bond motifs is 6. The number of imide groups is 1. The summed E-state index contributed by atoms with van der Waals surface area (Å²) in [6.45, 7) is 3.25. The number of amides is 4. The zero-order valence-corrected chi connectivity index (χ0v) is 55.3. The van der Waals surface area contributed by atoms with E-state index in [2.05, 4.69) is 72.8 Å². The van der Waals surface area contributed by atoms with Gasteiger partial charge >= 0.3 is 30.1 Å². The largest absolute Gasteiger partial charge is 0.466 e. The van der Waals surface area contributed by atoms with E-state index in [1.807, 2.05) is 60.7 Å². The Morgan fingerprint density at radius 2 is 0.833 bits per heavy atom. The smallest absolute Gasteiger partial charge is 0.407 e. The highest BCUT2D eigenvalue weighted by Crippen LogP contribution is 2.46. The molecule has 516 valence electrons. The molecule has 3 aliphatic rings. The average Bonchev–Trinajstić information content (AvgIpc) is 1.63. The van der Waals surface area contributed by atoms with Gasteiger partial charge < -0.3 is 40.2 Å². The monoisotopic (exact) mass is 1320 g/mol. The Morgan fingerprint density at radius 1 is 0.479 bits per heavy atom. The standard InChI is InChI=1S/C36H43N5O9.C34H44N4O6.CH5N/c37-40-38-22-10-9-16-30(39-36(47)49-24-29-27-14-7-5-12-25(27)26-13-6-8-15-28(26)29)31(42)17-4-2-1-3-11-23-48-34(45)20-21-35(46)50-41-32(43)18-19-33(41)44;1-2-25(39)20-21-33(41)43-23-13-5-3-4-6-19-32(40)31(18-11-12-22-36-38-35)37-34(42)44-24-30-28-16-9-7-14-26(28)27-15-8-10-17-29(27)30;1-2/h5-8,12-15,29-30H,1-4,9-11,16-24H2,(H,39,47);7-10,14-17,30-31H,2-6,11-13,18-24H2,1H3,(H,37,42);2H2,1H3. The molecule has 0 radical (unpaired) electrons. The third-order valence-electron chi connectivity index (χ3n) is 16.6. The van der Waals surface area contributed by atoms with Crippen molar-refractivity contribution in [2.24, 2.45) is 16.0 Å². The Kier molecular flexibility index (Phi) is 35.6. The summed E-state index contributed by atoms with van der Waals surface area (Å²) in [4.78, 5) is 132. The van der Waals surface area contributed by atoms with E-state index < -0.39 is 48.0 Å². The summed E-state index contributed by atoms with van der Waals surface area (Å²) in [5.74, 6) is -3.19. The van der Waals surface area contributed by atoms with E-state index in [-0.39, 0.29) is 99.9 Å². The summed E-state index contributed by atoms with van der Waals surface area (Å²) in [6.07, 6.45) is 10.5. The number of nitrogens with two attached hydrogens (primary N) is 1. The van der Waals surface area contributed by atoms with Crippen molar-refractivity contribution in [1.29, 1.82) is 0 Å².